The molecule has 0 aliphatic carbocycles. The molecule has 0 bridgehead atoms. The lowest BCUT2D eigenvalue weighted by Gasteiger charge is -2.04. The van der Waals surface area contributed by atoms with Crippen molar-refractivity contribution < 1.29 is 0 Å². The Morgan fingerprint density at radius 1 is 1.00 bits per heavy atom. The molecule has 0 N–H and O–H groups in total. The Kier molecular flexibility index (Phi) is 4.02. The van der Waals surface area contributed by atoms with E-state index in [9.17, 15) is 0 Å². The molecule has 0 aromatic carbocycles. The fourth-order valence-electron chi connectivity index (χ4n) is 0.267. The van der Waals surface area contributed by atoms with Gasteiger partial charge >= 0.3 is 0 Å². The third-order valence-electron chi connectivity index (χ3n) is 0.719. The Bertz CT molecular complexity index is 172. The fourth-order valence-corrected chi connectivity index (χ4v) is 1.26. The van der Waals surface area contributed by atoms with Gasteiger partial charge in [0.2, 0.25) is 0 Å². The van der Waals surface area contributed by atoms with Crippen molar-refractivity contribution in [2.45, 2.75) is 13.8 Å². The minimum absolute atomic E-state index is 0.215. The molecule has 0 atom stereocenters. The van der Waals surface area contributed by atoms with Gasteiger partial charge in [0.25, 0.3) is 0 Å². The maximum absolute atomic E-state index is 3.01. The van der Waals surface area contributed by atoms with Gasteiger partial charge in [0, 0.05) is 31.9 Å². The van der Waals surface area contributed by atoms with Crippen LogP contribution < -0.4 is 0 Å². The molecule has 9 heavy (non-hydrogen) atoms. The maximum atomic E-state index is 3.01. The molecule has 0 rings (SSSR count). The summed E-state index contributed by atoms with van der Waals surface area (Å²) in [5.74, 6) is 5.77. The molecule has 0 aliphatic rings. The van der Waals surface area contributed by atoms with Crippen LogP contribution in [0.4, 0.5) is 0 Å². The van der Waals surface area contributed by atoms with Gasteiger partial charge in [-0.15, -0.1) is 0 Å². The van der Waals surface area contributed by atoms with E-state index < -0.39 is 0 Å². The van der Waals surface area contributed by atoms with Crippen LogP contribution in [0.25, 0.3) is 0 Å². The van der Waals surface area contributed by atoms with E-state index in [1.807, 2.05) is 13.8 Å². The van der Waals surface area contributed by atoms with Crippen LogP contribution in [0.15, 0.2) is 0 Å². The van der Waals surface area contributed by atoms with Crippen LogP contribution in [0.2, 0.25) is 0 Å². The fraction of sp³-hybridized carbons (Fsp3) is 0.429. The zero-order valence-corrected chi connectivity index (χ0v) is 8.43. The van der Waals surface area contributed by atoms with Gasteiger partial charge in [-0.05, 0) is 23.5 Å². The first-order valence-corrected chi connectivity index (χ1v) is 3.96. The second kappa shape index (κ2) is 3.99. The summed E-state index contributed by atoms with van der Waals surface area (Å²) < 4.78 is 0. The third-order valence-corrected chi connectivity index (χ3v) is 1.12. The van der Waals surface area contributed by atoms with Crippen molar-refractivity contribution in [2.24, 2.45) is 5.41 Å². The molecule has 0 unspecified atom stereocenters. The lowest BCUT2D eigenvalue weighted by molar-refractivity contribution is 0.687. The molecule has 2 heteroatoms. The van der Waals surface area contributed by atoms with Crippen molar-refractivity contribution in [3.05, 3.63) is 0 Å². The van der Waals surface area contributed by atoms with Crippen LogP contribution >= 0.6 is 31.9 Å². The van der Waals surface area contributed by atoms with E-state index in [0.29, 0.717) is 0 Å². The van der Waals surface area contributed by atoms with Crippen molar-refractivity contribution in [1.82, 2.24) is 0 Å². The summed E-state index contributed by atoms with van der Waals surface area (Å²) in [6.45, 7) is 3.91. The Morgan fingerprint density at radius 3 is 1.56 bits per heavy atom. The van der Waals surface area contributed by atoms with Crippen LogP contribution in [0.1, 0.15) is 13.8 Å². The summed E-state index contributed by atoms with van der Waals surface area (Å²) in [6.07, 6.45) is 0. The minimum Gasteiger partial charge on any atom is -0.0714 e. The molecule has 48 valence electrons. The summed E-state index contributed by atoms with van der Waals surface area (Å²) in [7, 11) is 0. The second-order valence-electron chi connectivity index (χ2n) is 2.06. The van der Waals surface area contributed by atoms with Crippen LogP contribution in [-0.4, -0.2) is 0 Å². The van der Waals surface area contributed by atoms with E-state index in [1.54, 1.807) is 0 Å². The summed E-state index contributed by atoms with van der Waals surface area (Å²) in [6, 6.07) is 0. The molecule has 0 spiro atoms. The predicted octanol–water partition coefficient (Wildman–Crippen LogP) is 2.72. The molecule has 0 saturated carbocycles. The predicted molar refractivity (Wildman–Crippen MR) is 47.2 cm³/mol. The van der Waals surface area contributed by atoms with E-state index in [4.69, 9.17) is 0 Å². The first-order chi connectivity index (χ1) is 4.12. The van der Waals surface area contributed by atoms with E-state index in [-0.39, 0.29) is 5.41 Å². The lowest BCUT2D eigenvalue weighted by Crippen LogP contribution is -2.02. The van der Waals surface area contributed by atoms with Gasteiger partial charge in [-0.3, -0.25) is 0 Å². The van der Waals surface area contributed by atoms with Gasteiger partial charge in [0.15, 0.2) is 0 Å². The van der Waals surface area contributed by atoms with Gasteiger partial charge in [0.05, 0.1) is 5.41 Å². The maximum Gasteiger partial charge on any atom is 0.0880 e. The molecule has 0 fully saturated rings. The molecule has 0 saturated heterocycles. The molecule has 0 radical (unpaired) electrons. The molecular formula is C7H6Br2. The monoisotopic (exact) mass is 248 g/mol. The first-order valence-electron chi connectivity index (χ1n) is 2.38. The summed E-state index contributed by atoms with van der Waals surface area (Å²) in [4.78, 5) is 5.26. The third kappa shape index (κ3) is 4.58. The normalized spacial score (nSPS) is 8.44. The standard InChI is InChI=1S/C7H6Br2/c1-7(2,3-5-8)4-6-9/h1-2H3. The van der Waals surface area contributed by atoms with Crippen molar-refractivity contribution >= 4 is 31.9 Å². The van der Waals surface area contributed by atoms with Gasteiger partial charge in [-0.2, -0.15) is 0 Å². The van der Waals surface area contributed by atoms with Crippen molar-refractivity contribution in [3.63, 3.8) is 0 Å². The zero-order valence-electron chi connectivity index (χ0n) is 5.26. The Hall–Kier alpha value is 0.0800. The highest BCUT2D eigenvalue weighted by molar-refractivity contribution is 9.12. The average Bonchev–Trinajstić information content (AvgIpc) is 1.64. The number of hydrogen-bond acceptors (Lipinski definition) is 0. The highest BCUT2D eigenvalue weighted by atomic mass is 79.9. The smallest absolute Gasteiger partial charge is 0.0714 e. The summed E-state index contributed by atoms with van der Waals surface area (Å²) in [5, 5.41) is 0. The van der Waals surface area contributed by atoms with Crippen molar-refractivity contribution in [3.8, 4) is 21.5 Å². The molecule has 0 heterocycles. The zero-order chi connectivity index (χ0) is 7.33. The Balaban J connectivity index is 4.26. The van der Waals surface area contributed by atoms with Gasteiger partial charge in [0.1, 0.15) is 0 Å². The van der Waals surface area contributed by atoms with Crippen LogP contribution in [0, 0.1) is 26.9 Å². The number of halogens is 2. The topological polar surface area (TPSA) is 0 Å². The van der Waals surface area contributed by atoms with E-state index >= 15 is 0 Å². The van der Waals surface area contributed by atoms with E-state index in [2.05, 4.69) is 53.4 Å². The van der Waals surface area contributed by atoms with Crippen LogP contribution in [0.5, 0.6) is 0 Å². The Morgan fingerprint density at radius 2 is 1.33 bits per heavy atom. The quantitative estimate of drug-likeness (QED) is 0.580. The van der Waals surface area contributed by atoms with Crippen molar-refractivity contribution in [1.29, 1.82) is 0 Å². The summed E-state index contributed by atoms with van der Waals surface area (Å²) >= 11 is 6.02. The molecule has 0 aromatic rings. The highest BCUT2D eigenvalue weighted by Gasteiger charge is 2.07. The number of hydrogen-bond donors (Lipinski definition) is 0. The SMILES string of the molecule is CC(C)(C#CBr)C#CBr. The van der Waals surface area contributed by atoms with E-state index in [1.165, 1.54) is 0 Å². The number of rotatable bonds is 0. The van der Waals surface area contributed by atoms with E-state index in [0.717, 1.165) is 0 Å². The van der Waals surface area contributed by atoms with Gasteiger partial charge in [-0.25, -0.2) is 0 Å². The van der Waals surface area contributed by atoms with Gasteiger partial charge in [-0.1, -0.05) is 11.8 Å². The highest BCUT2D eigenvalue weighted by Crippen LogP contribution is 2.11. The largest absolute Gasteiger partial charge is 0.0880 e. The van der Waals surface area contributed by atoms with Crippen molar-refractivity contribution in [2.75, 3.05) is 0 Å². The second-order valence-corrected chi connectivity index (χ2v) is 2.86. The molecular weight excluding hydrogens is 244 g/mol. The molecule has 0 amide bonds. The average molecular weight is 250 g/mol. The molecule has 0 aliphatic heterocycles. The van der Waals surface area contributed by atoms with Crippen LogP contribution in [-0.2, 0) is 0 Å². The van der Waals surface area contributed by atoms with Crippen LogP contribution in [0.3, 0.4) is 0 Å². The minimum atomic E-state index is -0.215. The molecule has 0 nitrogen and oxygen atoms in total. The molecule has 0 aromatic heterocycles. The van der Waals surface area contributed by atoms with Gasteiger partial charge < -0.3 is 0 Å². The first kappa shape index (κ1) is 9.08. The Labute approximate surface area is 72.7 Å². The summed E-state index contributed by atoms with van der Waals surface area (Å²) in [5.41, 5.74) is -0.215. The lowest BCUT2D eigenvalue weighted by atomic mass is 9.97.